The molecule has 2 aliphatic rings. The minimum atomic E-state index is -0.936. The number of nitrogens with one attached hydrogen (secondary N) is 1. The van der Waals surface area contributed by atoms with Crippen LogP contribution in [0.1, 0.15) is 79.5 Å². The third-order valence-electron chi connectivity index (χ3n) is 5.60. The van der Waals surface area contributed by atoms with Crippen molar-refractivity contribution < 1.29 is 24.0 Å². The van der Waals surface area contributed by atoms with Gasteiger partial charge in [-0.1, -0.05) is 19.0 Å². The number of carbonyl (C=O) groups excluding carboxylic acids is 1. The third kappa shape index (κ3) is 3.61. The zero-order valence-corrected chi connectivity index (χ0v) is 16.2. The highest BCUT2D eigenvalue weighted by Crippen LogP contribution is 2.41. The molecule has 0 radical (unpaired) electrons. The molecule has 0 spiro atoms. The molecule has 1 amide bonds. The van der Waals surface area contributed by atoms with E-state index in [0.29, 0.717) is 54.3 Å². The van der Waals surface area contributed by atoms with Gasteiger partial charge < -0.3 is 19.7 Å². The van der Waals surface area contributed by atoms with E-state index < -0.39 is 11.5 Å². The minimum absolute atomic E-state index is 0.0671. The maximum absolute atomic E-state index is 13.3. The molecule has 4 rings (SSSR count). The Kier molecular flexibility index (Phi) is 4.82. The molecule has 8 heteroatoms. The van der Waals surface area contributed by atoms with Crippen LogP contribution in [-0.2, 0) is 9.53 Å². The lowest BCUT2D eigenvalue weighted by molar-refractivity contribution is -0.139. The second-order valence-electron chi connectivity index (χ2n) is 8.19. The third-order valence-corrected chi connectivity index (χ3v) is 5.60. The summed E-state index contributed by atoms with van der Waals surface area (Å²) in [5.74, 6) is -0.826. The van der Waals surface area contributed by atoms with Gasteiger partial charge >= 0.3 is 5.97 Å². The Morgan fingerprint density at radius 3 is 2.64 bits per heavy atom. The van der Waals surface area contributed by atoms with Crippen LogP contribution in [0.2, 0.25) is 0 Å². The normalized spacial score (nSPS) is 19.1. The number of nitrogens with zero attached hydrogens (tertiary/aromatic N) is 2. The van der Waals surface area contributed by atoms with Crippen LogP contribution in [0, 0.1) is 0 Å². The Labute approximate surface area is 162 Å². The monoisotopic (exact) mass is 387 g/mol. The van der Waals surface area contributed by atoms with Gasteiger partial charge in [-0.05, 0) is 37.7 Å². The summed E-state index contributed by atoms with van der Waals surface area (Å²) in [6, 6.07) is 1.83. The van der Waals surface area contributed by atoms with E-state index in [1.807, 2.05) is 19.9 Å². The number of fused-ring (bicyclic) bond motifs is 1. The largest absolute Gasteiger partial charge is 0.481 e. The van der Waals surface area contributed by atoms with Crippen LogP contribution in [0.4, 0.5) is 0 Å². The number of carboxylic acids is 1. The number of amides is 1. The molecule has 150 valence electrons. The lowest BCUT2D eigenvalue weighted by atomic mass is 9.86. The summed E-state index contributed by atoms with van der Waals surface area (Å²) in [5.41, 5.74) is 1.55. The zero-order valence-electron chi connectivity index (χ0n) is 16.2. The van der Waals surface area contributed by atoms with E-state index in [4.69, 9.17) is 9.26 Å². The fraction of sp³-hybridized carbons (Fsp3) is 0.600. The summed E-state index contributed by atoms with van der Waals surface area (Å²) in [7, 11) is 0. The Bertz CT molecular complexity index is 910. The van der Waals surface area contributed by atoms with Crippen molar-refractivity contribution in [3.05, 3.63) is 23.0 Å². The number of hydrogen-bond donors (Lipinski definition) is 2. The summed E-state index contributed by atoms with van der Waals surface area (Å²) >= 11 is 0. The van der Waals surface area contributed by atoms with Crippen LogP contribution in [-0.4, -0.2) is 45.9 Å². The molecule has 1 aliphatic carbocycles. The summed E-state index contributed by atoms with van der Waals surface area (Å²) < 4.78 is 10.8. The van der Waals surface area contributed by atoms with Crippen molar-refractivity contribution in [1.29, 1.82) is 0 Å². The van der Waals surface area contributed by atoms with Crippen LogP contribution in [0.3, 0.4) is 0 Å². The van der Waals surface area contributed by atoms with E-state index in [9.17, 15) is 14.7 Å². The van der Waals surface area contributed by atoms with Crippen LogP contribution < -0.4 is 5.32 Å². The molecule has 0 bridgehead atoms. The number of pyridine rings is 1. The van der Waals surface area contributed by atoms with Gasteiger partial charge in [0.1, 0.15) is 0 Å². The molecule has 2 aromatic rings. The molecule has 0 atom stereocenters. The SMILES string of the molecule is CC(C)c1noc2nc(C3CC3)cc(C(=O)NC3(CC(=O)O)CCOCC3)c12. The van der Waals surface area contributed by atoms with Crippen LogP contribution in [0.5, 0.6) is 0 Å². The van der Waals surface area contributed by atoms with Crippen LogP contribution in [0.15, 0.2) is 10.6 Å². The highest BCUT2D eigenvalue weighted by molar-refractivity contribution is 6.06. The highest BCUT2D eigenvalue weighted by Gasteiger charge is 2.38. The number of ether oxygens (including phenoxy) is 1. The second kappa shape index (κ2) is 7.16. The molecular weight excluding hydrogens is 362 g/mol. The van der Waals surface area contributed by atoms with Crippen LogP contribution in [0.25, 0.3) is 11.1 Å². The molecule has 2 N–H and O–H groups in total. The quantitative estimate of drug-likeness (QED) is 0.783. The molecule has 3 heterocycles. The molecular formula is C20H25N3O5. The van der Waals surface area contributed by atoms with Gasteiger partial charge in [-0.3, -0.25) is 9.59 Å². The van der Waals surface area contributed by atoms with E-state index in [2.05, 4.69) is 15.5 Å². The maximum Gasteiger partial charge on any atom is 0.305 e. The summed E-state index contributed by atoms with van der Waals surface area (Å²) in [6.45, 7) is 4.82. The van der Waals surface area contributed by atoms with Crippen molar-refractivity contribution in [2.45, 2.75) is 63.3 Å². The smallest absolute Gasteiger partial charge is 0.305 e. The summed E-state index contributed by atoms with van der Waals surface area (Å²) in [4.78, 5) is 29.3. The van der Waals surface area contributed by atoms with Gasteiger partial charge in [0.15, 0.2) is 0 Å². The van der Waals surface area contributed by atoms with E-state index in [1.165, 1.54) is 0 Å². The van der Waals surface area contributed by atoms with Crippen LogP contribution >= 0.6 is 0 Å². The molecule has 0 unspecified atom stereocenters. The second-order valence-corrected chi connectivity index (χ2v) is 8.19. The number of hydrogen-bond acceptors (Lipinski definition) is 6. The summed E-state index contributed by atoms with van der Waals surface area (Å²) in [5, 5.41) is 17.1. The van der Waals surface area contributed by atoms with E-state index in [1.54, 1.807) is 0 Å². The Hall–Kier alpha value is -2.48. The summed E-state index contributed by atoms with van der Waals surface area (Å²) in [6.07, 6.45) is 2.90. The van der Waals surface area contributed by atoms with Crippen molar-refractivity contribution in [2.75, 3.05) is 13.2 Å². The van der Waals surface area contributed by atoms with Gasteiger partial charge in [0.2, 0.25) is 0 Å². The van der Waals surface area contributed by atoms with Crippen molar-refractivity contribution >= 4 is 23.0 Å². The standard InChI is InChI=1S/C20H25N3O5/c1-11(2)17-16-13(9-14(12-3-4-12)21-19(16)28-23-17)18(26)22-20(10-15(24)25)5-7-27-8-6-20/h9,11-12H,3-8,10H2,1-2H3,(H,22,26)(H,24,25). The molecule has 1 saturated heterocycles. The van der Waals surface area contributed by atoms with Gasteiger partial charge in [0.25, 0.3) is 11.6 Å². The lowest BCUT2D eigenvalue weighted by Gasteiger charge is -2.36. The lowest BCUT2D eigenvalue weighted by Crippen LogP contribution is -2.53. The van der Waals surface area contributed by atoms with E-state index in [-0.39, 0.29) is 18.2 Å². The predicted molar refractivity (Wildman–Crippen MR) is 100 cm³/mol. The average Bonchev–Trinajstić information content (AvgIpc) is 3.39. The molecule has 1 saturated carbocycles. The molecule has 0 aromatic carbocycles. The Morgan fingerprint density at radius 2 is 2.04 bits per heavy atom. The van der Waals surface area contributed by atoms with Gasteiger partial charge in [0, 0.05) is 24.8 Å². The molecule has 28 heavy (non-hydrogen) atoms. The van der Waals surface area contributed by atoms with Gasteiger partial charge in [-0.25, -0.2) is 4.98 Å². The van der Waals surface area contributed by atoms with E-state index in [0.717, 1.165) is 18.5 Å². The van der Waals surface area contributed by atoms with Crippen molar-refractivity contribution in [2.24, 2.45) is 0 Å². The molecule has 2 aromatic heterocycles. The molecule has 2 fully saturated rings. The van der Waals surface area contributed by atoms with Crippen molar-refractivity contribution in [3.63, 3.8) is 0 Å². The predicted octanol–water partition coefficient (Wildman–Crippen LogP) is 2.98. The van der Waals surface area contributed by atoms with Crippen molar-refractivity contribution in [1.82, 2.24) is 15.5 Å². The van der Waals surface area contributed by atoms with Gasteiger partial charge in [-0.15, -0.1) is 0 Å². The fourth-order valence-electron chi connectivity index (χ4n) is 3.86. The first-order valence-electron chi connectivity index (χ1n) is 9.81. The Morgan fingerprint density at radius 1 is 1.32 bits per heavy atom. The zero-order chi connectivity index (χ0) is 19.9. The number of aromatic nitrogens is 2. The minimum Gasteiger partial charge on any atom is -0.481 e. The number of carbonyl (C=O) groups is 2. The highest BCUT2D eigenvalue weighted by atomic mass is 16.5. The number of carboxylic acid groups (broad SMARTS) is 1. The first-order valence-corrected chi connectivity index (χ1v) is 9.81. The molecule has 1 aliphatic heterocycles. The number of rotatable bonds is 6. The Balaban J connectivity index is 1.74. The van der Waals surface area contributed by atoms with Crippen molar-refractivity contribution in [3.8, 4) is 0 Å². The first-order chi connectivity index (χ1) is 13.4. The first kappa shape index (κ1) is 18.9. The average molecular weight is 387 g/mol. The van der Waals surface area contributed by atoms with Gasteiger partial charge in [0.05, 0.1) is 28.6 Å². The maximum atomic E-state index is 13.3. The van der Waals surface area contributed by atoms with E-state index >= 15 is 0 Å². The topological polar surface area (TPSA) is 115 Å². The molecule has 8 nitrogen and oxygen atoms in total. The number of aliphatic carboxylic acids is 1. The fourth-order valence-corrected chi connectivity index (χ4v) is 3.86. The van der Waals surface area contributed by atoms with Gasteiger partial charge in [-0.2, -0.15) is 0 Å².